The van der Waals surface area contributed by atoms with Gasteiger partial charge in [-0.15, -0.1) is 0 Å². The van der Waals surface area contributed by atoms with Crippen LogP contribution < -0.4 is 0 Å². The summed E-state index contributed by atoms with van der Waals surface area (Å²) in [4.78, 5) is 23.7. The molecule has 0 saturated heterocycles. The van der Waals surface area contributed by atoms with Crippen LogP contribution >= 0.6 is 0 Å². The summed E-state index contributed by atoms with van der Waals surface area (Å²) in [5, 5.41) is 0. The zero-order valence-electron chi connectivity index (χ0n) is 8.47. The van der Waals surface area contributed by atoms with Gasteiger partial charge in [0.1, 0.15) is 5.41 Å². The number of ether oxygens (including phenoxy) is 1. The molecule has 0 aromatic heterocycles. The first-order valence-electron chi connectivity index (χ1n) is 5.19. The Morgan fingerprint density at radius 3 is 2.93 bits per heavy atom. The van der Waals surface area contributed by atoms with E-state index in [1.807, 2.05) is 24.3 Å². The van der Waals surface area contributed by atoms with Gasteiger partial charge in [-0.1, -0.05) is 24.3 Å². The number of fused-ring (bicyclic) bond motifs is 1. The summed E-state index contributed by atoms with van der Waals surface area (Å²) in [7, 11) is 1.36. The van der Waals surface area contributed by atoms with Crippen LogP contribution in [0.1, 0.15) is 6.42 Å². The SMILES string of the molecule is COC(=O)C12C(=O)C[C@@H]3C=CC=C[C@H]1[C@@H]32. The molecule has 2 fully saturated rings. The quantitative estimate of drug-likeness (QED) is 0.474. The van der Waals surface area contributed by atoms with Crippen molar-refractivity contribution in [1.82, 2.24) is 0 Å². The Balaban J connectivity index is 2.06. The van der Waals surface area contributed by atoms with Crippen LogP contribution in [-0.2, 0) is 14.3 Å². The van der Waals surface area contributed by atoms with Crippen molar-refractivity contribution in [3.05, 3.63) is 24.3 Å². The molecule has 0 radical (unpaired) electrons. The van der Waals surface area contributed by atoms with Gasteiger partial charge >= 0.3 is 5.97 Å². The molecule has 3 nitrogen and oxygen atoms in total. The standard InChI is InChI=1S/C12H12O3/c1-15-11(14)12-8-5-3-2-4-7(10(8)12)6-9(12)13/h2-5,7-8,10H,6H2,1H3/t7-,8-,10+,12?/m0/s1. The van der Waals surface area contributed by atoms with Crippen LogP contribution in [0.15, 0.2) is 24.3 Å². The van der Waals surface area contributed by atoms with E-state index in [-0.39, 0.29) is 29.5 Å². The van der Waals surface area contributed by atoms with E-state index in [0.29, 0.717) is 6.42 Å². The maximum atomic E-state index is 11.9. The van der Waals surface area contributed by atoms with Crippen LogP contribution in [0, 0.1) is 23.2 Å². The Labute approximate surface area is 87.8 Å². The number of ketones is 1. The molecule has 0 bridgehead atoms. The molecule has 2 saturated carbocycles. The third kappa shape index (κ3) is 0.822. The summed E-state index contributed by atoms with van der Waals surface area (Å²) in [6.45, 7) is 0. The maximum Gasteiger partial charge on any atom is 0.320 e. The summed E-state index contributed by atoms with van der Waals surface area (Å²) in [5.74, 6) is 0.186. The lowest BCUT2D eigenvalue weighted by molar-refractivity contribution is -0.151. The Morgan fingerprint density at radius 1 is 1.47 bits per heavy atom. The Kier molecular flexibility index (Phi) is 1.54. The van der Waals surface area contributed by atoms with Crippen LogP contribution in [0.25, 0.3) is 0 Å². The molecule has 0 amide bonds. The summed E-state index contributed by atoms with van der Waals surface area (Å²) in [6.07, 6.45) is 8.40. The number of rotatable bonds is 1. The average Bonchev–Trinajstić information content (AvgIpc) is 2.85. The lowest BCUT2D eigenvalue weighted by atomic mass is 9.97. The van der Waals surface area contributed by atoms with Crippen LogP contribution in [0.5, 0.6) is 0 Å². The highest BCUT2D eigenvalue weighted by molar-refractivity contribution is 6.10. The molecule has 15 heavy (non-hydrogen) atoms. The minimum Gasteiger partial charge on any atom is -0.468 e. The number of carbonyl (C=O) groups is 2. The predicted octanol–water partition coefficient (Wildman–Crippen LogP) is 1.11. The first-order chi connectivity index (χ1) is 7.22. The topological polar surface area (TPSA) is 43.4 Å². The monoisotopic (exact) mass is 204 g/mol. The number of Topliss-reactive ketones (excluding diaryl/α,β-unsaturated/α-hetero) is 1. The number of hydrogen-bond donors (Lipinski definition) is 0. The van der Waals surface area contributed by atoms with Gasteiger partial charge in [-0.2, -0.15) is 0 Å². The first kappa shape index (κ1) is 8.89. The molecule has 0 aromatic carbocycles. The van der Waals surface area contributed by atoms with Crippen molar-refractivity contribution in [2.24, 2.45) is 23.2 Å². The smallest absolute Gasteiger partial charge is 0.320 e. The van der Waals surface area contributed by atoms with Gasteiger partial charge in [-0.25, -0.2) is 0 Å². The van der Waals surface area contributed by atoms with Gasteiger partial charge in [-0.3, -0.25) is 9.59 Å². The van der Waals surface area contributed by atoms with Gasteiger partial charge < -0.3 is 4.74 Å². The Morgan fingerprint density at radius 2 is 2.20 bits per heavy atom. The van der Waals surface area contributed by atoms with Crippen molar-refractivity contribution in [2.75, 3.05) is 7.11 Å². The molecule has 1 unspecified atom stereocenters. The van der Waals surface area contributed by atoms with Gasteiger partial charge in [0, 0.05) is 12.3 Å². The Bertz CT molecular complexity index is 407. The molecule has 0 aromatic rings. The molecule has 0 aliphatic heterocycles. The molecule has 3 rings (SSSR count). The van der Waals surface area contributed by atoms with Gasteiger partial charge in [0.05, 0.1) is 7.11 Å². The van der Waals surface area contributed by atoms with E-state index < -0.39 is 5.41 Å². The zero-order chi connectivity index (χ0) is 10.6. The number of allylic oxidation sites excluding steroid dienone is 4. The van der Waals surface area contributed by atoms with Crippen molar-refractivity contribution in [1.29, 1.82) is 0 Å². The van der Waals surface area contributed by atoms with Crippen molar-refractivity contribution in [2.45, 2.75) is 6.42 Å². The van der Waals surface area contributed by atoms with E-state index in [1.165, 1.54) is 7.11 Å². The van der Waals surface area contributed by atoms with Gasteiger partial charge in [-0.05, 0) is 11.8 Å². The summed E-state index contributed by atoms with van der Waals surface area (Å²) in [6, 6.07) is 0. The van der Waals surface area contributed by atoms with Crippen LogP contribution in [0.3, 0.4) is 0 Å². The largest absolute Gasteiger partial charge is 0.468 e. The molecule has 4 atom stereocenters. The number of esters is 1. The van der Waals surface area contributed by atoms with Gasteiger partial charge in [0.25, 0.3) is 0 Å². The fourth-order valence-corrected chi connectivity index (χ4v) is 3.33. The van der Waals surface area contributed by atoms with Gasteiger partial charge in [0.2, 0.25) is 0 Å². The van der Waals surface area contributed by atoms with E-state index in [9.17, 15) is 9.59 Å². The summed E-state index contributed by atoms with van der Waals surface area (Å²) in [5.41, 5.74) is -0.819. The second kappa shape index (κ2) is 2.60. The van der Waals surface area contributed by atoms with E-state index >= 15 is 0 Å². The molecule has 0 N–H and O–H groups in total. The third-order valence-corrected chi connectivity index (χ3v) is 3.98. The van der Waals surface area contributed by atoms with E-state index in [1.54, 1.807) is 0 Å². The minimum absolute atomic E-state index is 0.0607. The van der Waals surface area contributed by atoms with Crippen molar-refractivity contribution in [3.63, 3.8) is 0 Å². The third-order valence-electron chi connectivity index (χ3n) is 3.98. The zero-order valence-corrected chi connectivity index (χ0v) is 8.47. The molecule has 0 heterocycles. The van der Waals surface area contributed by atoms with Crippen molar-refractivity contribution >= 4 is 11.8 Å². The van der Waals surface area contributed by atoms with Crippen LogP contribution in [0.4, 0.5) is 0 Å². The predicted molar refractivity (Wildman–Crippen MR) is 52.8 cm³/mol. The molecule has 78 valence electrons. The number of methoxy groups -OCH3 is 1. The molecule has 0 spiro atoms. The summed E-state index contributed by atoms with van der Waals surface area (Å²) < 4.78 is 4.78. The van der Waals surface area contributed by atoms with Crippen LogP contribution in [-0.4, -0.2) is 18.9 Å². The highest BCUT2D eigenvalue weighted by Gasteiger charge is 2.78. The molecular formula is C12H12O3. The van der Waals surface area contributed by atoms with E-state index in [0.717, 1.165) is 0 Å². The lowest BCUT2D eigenvalue weighted by Crippen LogP contribution is -2.27. The number of carbonyl (C=O) groups excluding carboxylic acids is 2. The molecule has 3 aliphatic rings. The fraction of sp³-hybridized carbons (Fsp3) is 0.500. The second-order valence-corrected chi connectivity index (χ2v) is 4.47. The molecular weight excluding hydrogens is 192 g/mol. The average molecular weight is 204 g/mol. The van der Waals surface area contributed by atoms with Crippen molar-refractivity contribution in [3.8, 4) is 0 Å². The Hall–Kier alpha value is -1.38. The second-order valence-electron chi connectivity index (χ2n) is 4.47. The van der Waals surface area contributed by atoms with E-state index in [2.05, 4.69) is 0 Å². The van der Waals surface area contributed by atoms with Gasteiger partial charge in [0.15, 0.2) is 5.78 Å². The van der Waals surface area contributed by atoms with Crippen molar-refractivity contribution < 1.29 is 14.3 Å². The first-order valence-corrected chi connectivity index (χ1v) is 5.19. The minimum atomic E-state index is -0.819. The number of hydrogen-bond acceptors (Lipinski definition) is 3. The highest BCUT2D eigenvalue weighted by atomic mass is 16.5. The highest BCUT2D eigenvalue weighted by Crippen LogP contribution is 2.70. The normalized spacial score (nSPS) is 44.9. The molecule has 3 aliphatic carbocycles. The maximum absolute atomic E-state index is 11.9. The summed E-state index contributed by atoms with van der Waals surface area (Å²) >= 11 is 0. The van der Waals surface area contributed by atoms with Crippen LogP contribution in [0.2, 0.25) is 0 Å². The molecule has 3 heteroatoms. The lowest BCUT2D eigenvalue weighted by Gasteiger charge is -2.09. The fourth-order valence-electron chi connectivity index (χ4n) is 3.33. The van der Waals surface area contributed by atoms with E-state index in [4.69, 9.17) is 4.74 Å².